The number of carboxylic acids is 1. The Morgan fingerprint density at radius 2 is 1.92 bits per heavy atom. The molecule has 0 saturated carbocycles. The highest BCUT2D eigenvalue weighted by molar-refractivity contribution is 6.30. The summed E-state index contributed by atoms with van der Waals surface area (Å²) in [5, 5.41) is 10.9. The van der Waals surface area contributed by atoms with Gasteiger partial charge in [-0.15, -0.1) is 0 Å². The van der Waals surface area contributed by atoms with Gasteiger partial charge < -0.3 is 19.4 Å². The largest absolute Gasteiger partial charge is 0.550 e. The van der Waals surface area contributed by atoms with E-state index in [2.05, 4.69) is 4.98 Å². The summed E-state index contributed by atoms with van der Waals surface area (Å²) in [6, 6.07) is 6.42. The fraction of sp³-hybridized carbons (Fsp3) is 0.312. The van der Waals surface area contributed by atoms with E-state index < -0.39 is 24.5 Å². The summed E-state index contributed by atoms with van der Waals surface area (Å²) in [5.41, 5.74) is 1.49. The lowest BCUT2D eigenvalue weighted by Crippen LogP contribution is -2.25. The van der Waals surface area contributed by atoms with E-state index >= 15 is 0 Å². The number of benzene rings is 1. The first-order valence-corrected chi connectivity index (χ1v) is 7.66. The fourth-order valence-corrected chi connectivity index (χ4v) is 2.87. The van der Waals surface area contributed by atoms with Crippen molar-refractivity contribution in [2.75, 3.05) is 13.2 Å². The Labute approximate surface area is 142 Å². The molecule has 0 radical (unpaired) electrons. The van der Waals surface area contributed by atoms with E-state index in [1.165, 1.54) is 0 Å². The van der Waals surface area contributed by atoms with Crippen molar-refractivity contribution >= 4 is 23.4 Å². The van der Waals surface area contributed by atoms with E-state index in [0.29, 0.717) is 41.1 Å². The average Bonchev–Trinajstić information content (AvgIpc) is 3.15. The maximum atomic E-state index is 11.7. The molecule has 2 aromatic rings. The van der Waals surface area contributed by atoms with Crippen molar-refractivity contribution in [1.82, 2.24) is 9.55 Å². The SMILES string of the molecule is Cc1nc(C2OCCO2)c(Cl)n1-c1ccc(C(=O)CC(=O)[O-])cc1. The van der Waals surface area contributed by atoms with Crippen molar-refractivity contribution in [3.05, 3.63) is 46.5 Å². The monoisotopic (exact) mass is 349 g/mol. The second-order valence-electron chi connectivity index (χ2n) is 5.26. The molecule has 1 aliphatic heterocycles. The normalized spacial score (nSPS) is 14.9. The Morgan fingerprint density at radius 1 is 1.29 bits per heavy atom. The van der Waals surface area contributed by atoms with Crippen LogP contribution in [0.3, 0.4) is 0 Å². The number of carboxylic acid groups (broad SMARTS) is 1. The molecule has 24 heavy (non-hydrogen) atoms. The van der Waals surface area contributed by atoms with Gasteiger partial charge in [0, 0.05) is 17.2 Å². The van der Waals surface area contributed by atoms with Gasteiger partial charge in [0.1, 0.15) is 16.7 Å². The van der Waals surface area contributed by atoms with Gasteiger partial charge in [0.05, 0.1) is 19.6 Å². The molecule has 0 spiro atoms. The minimum absolute atomic E-state index is 0.291. The highest BCUT2D eigenvalue weighted by Crippen LogP contribution is 2.31. The predicted molar refractivity (Wildman–Crippen MR) is 81.9 cm³/mol. The third-order valence-electron chi connectivity index (χ3n) is 3.61. The maximum absolute atomic E-state index is 11.7. The molecular weight excluding hydrogens is 336 g/mol. The van der Waals surface area contributed by atoms with Crippen LogP contribution in [0.2, 0.25) is 5.15 Å². The number of aliphatic carboxylic acids is 1. The standard InChI is InChI=1S/C16H15ClN2O5/c1-9-18-14(16-23-6-7-24-16)15(17)19(9)11-4-2-10(3-5-11)12(20)8-13(21)22/h2-5,16H,6-8H2,1H3,(H,21,22)/p-1. The molecule has 0 unspecified atom stereocenters. The summed E-state index contributed by atoms with van der Waals surface area (Å²) in [6.45, 7) is 2.77. The zero-order valence-electron chi connectivity index (χ0n) is 12.8. The van der Waals surface area contributed by atoms with E-state index in [1.54, 1.807) is 35.8 Å². The number of hydrogen-bond acceptors (Lipinski definition) is 6. The van der Waals surface area contributed by atoms with E-state index in [-0.39, 0.29) is 0 Å². The second-order valence-corrected chi connectivity index (χ2v) is 5.62. The summed E-state index contributed by atoms with van der Waals surface area (Å²) in [5.74, 6) is -1.27. The number of carbonyl (C=O) groups excluding carboxylic acids is 2. The highest BCUT2D eigenvalue weighted by Gasteiger charge is 2.26. The smallest absolute Gasteiger partial charge is 0.204 e. The molecule has 2 heterocycles. The molecule has 0 aliphatic carbocycles. The molecule has 7 nitrogen and oxygen atoms in total. The van der Waals surface area contributed by atoms with Crippen molar-refractivity contribution in [1.29, 1.82) is 0 Å². The molecule has 1 fully saturated rings. The molecule has 3 rings (SSSR count). The van der Waals surface area contributed by atoms with Gasteiger partial charge in [0.15, 0.2) is 5.78 Å². The van der Waals surface area contributed by atoms with E-state index in [0.717, 1.165) is 0 Å². The summed E-state index contributed by atoms with van der Waals surface area (Å²) in [4.78, 5) is 26.6. The first-order valence-electron chi connectivity index (χ1n) is 7.29. The number of Topliss-reactive ketones (excluding diaryl/α,β-unsaturated/α-hetero) is 1. The fourth-order valence-electron chi connectivity index (χ4n) is 2.52. The lowest BCUT2D eigenvalue weighted by Gasteiger charge is -2.09. The van der Waals surface area contributed by atoms with E-state index in [1.807, 2.05) is 0 Å². The number of imidazole rings is 1. The van der Waals surface area contributed by atoms with Crippen LogP contribution in [0.5, 0.6) is 0 Å². The van der Waals surface area contributed by atoms with Gasteiger partial charge >= 0.3 is 0 Å². The van der Waals surface area contributed by atoms with Gasteiger partial charge in [-0.2, -0.15) is 0 Å². The Morgan fingerprint density at radius 3 is 2.50 bits per heavy atom. The number of aromatic nitrogens is 2. The molecular formula is C16H14ClN2O5-. The first kappa shape index (κ1) is 16.6. The van der Waals surface area contributed by atoms with Crippen LogP contribution in [0, 0.1) is 6.92 Å². The van der Waals surface area contributed by atoms with Crippen LogP contribution in [0.4, 0.5) is 0 Å². The van der Waals surface area contributed by atoms with Crippen LogP contribution < -0.4 is 5.11 Å². The molecule has 1 saturated heterocycles. The van der Waals surface area contributed by atoms with Crippen molar-refractivity contribution in [3.63, 3.8) is 0 Å². The van der Waals surface area contributed by atoms with Crippen molar-refractivity contribution < 1.29 is 24.2 Å². The van der Waals surface area contributed by atoms with Gasteiger partial charge in [-0.25, -0.2) is 4.98 Å². The Balaban J connectivity index is 1.89. The van der Waals surface area contributed by atoms with Crippen LogP contribution >= 0.6 is 11.6 Å². The zero-order valence-corrected chi connectivity index (χ0v) is 13.6. The van der Waals surface area contributed by atoms with Crippen molar-refractivity contribution in [2.45, 2.75) is 19.6 Å². The number of carbonyl (C=O) groups is 2. The molecule has 0 N–H and O–H groups in total. The summed E-state index contributed by atoms with van der Waals surface area (Å²) in [7, 11) is 0. The maximum Gasteiger partial charge on any atom is 0.204 e. The molecule has 0 atom stereocenters. The average molecular weight is 350 g/mol. The van der Waals surface area contributed by atoms with Crippen LogP contribution in [-0.4, -0.2) is 34.5 Å². The Kier molecular flexibility index (Phi) is 4.66. The lowest BCUT2D eigenvalue weighted by molar-refractivity contribution is -0.304. The van der Waals surface area contributed by atoms with E-state index in [4.69, 9.17) is 21.1 Å². The molecule has 8 heteroatoms. The van der Waals surface area contributed by atoms with Gasteiger partial charge in [-0.3, -0.25) is 9.36 Å². The first-order chi connectivity index (χ1) is 11.5. The third kappa shape index (κ3) is 3.19. The molecule has 0 amide bonds. The molecule has 1 aliphatic rings. The van der Waals surface area contributed by atoms with Gasteiger partial charge in [-0.05, 0) is 31.2 Å². The lowest BCUT2D eigenvalue weighted by atomic mass is 10.1. The molecule has 1 aromatic carbocycles. The predicted octanol–water partition coefficient (Wildman–Crippen LogP) is 1.20. The molecule has 126 valence electrons. The number of rotatable bonds is 5. The van der Waals surface area contributed by atoms with Gasteiger partial charge in [0.25, 0.3) is 0 Å². The summed E-state index contributed by atoms with van der Waals surface area (Å²) < 4.78 is 12.5. The quantitative estimate of drug-likeness (QED) is 0.595. The number of nitrogens with zero attached hydrogens (tertiary/aromatic N) is 2. The number of ether oxygens (including phenoxy) is 2. The second kappa shape index (κ2) is 6.72. The minimum Gasteiger partial charge on any atom is -0.550 e. The van der Waals surface area contributed by atoms with Crippen LogP contribution in [0.15, 0.2) is 24.3 Å². The zero-order chi connectivity index (χ0) is 17.3. The third-order valence-corrected chi connectivity index (χ3v) is 3.97. The van der Waals surface area contributed by atoms with Crippen LogP contribution in [-0.2, 0) is 14.3 Å². The van der Waals surface area contributed by atoms with Gasteiger partial charge in [-0.1, -0.05) is 11.6 Å². The van der Waals surface area contributed by atoms with Crippen LogP contribution in [0.25, 0.3) is 5.69 Å². The molecule has 1 aromatic heterocycles. The van der Waals surface area contributed by atoms with Crippen LogP contribution in [0.1, 0.15) is 34.6 Å². The van der Waals surface area contributed by atoms with Gasteiger partial charge in [0.2, 0.25) is 6.29 Å². The highest BCUT2D eigenvalue weighted by atomic mass is 35.5. The Hall–Kier alpha value is -2.22. The number of hydrogen-bond donors (Lipinski definition) is 0. The van der Waals surface area contributed by atoms with Crippen molar-refractivity contribution in [3.8, 4) is 5.69 Å². The van der Waals surface area contributed by atoms with Crippen molar-refractivity contribution in [2.24, 2.45) is 0 Å². The summed E-state index contributed by atoms with van der Waals surface area (Å²) in [6.07, 6.45) is -1.23. The number of ketones is 1. The minimum atomic E-state index is -1.40. The summed E-state index contributed by atoms with van der Waals surface area (Å²) >= 11 is 6.40. The topological polar surface area (TPSA) is 93.5 Å². The van der Waals surface area contributed by atoms with E-state index in [9.17, 15) is 14.7 Å². The Bertz CT molecular complexity index is 779. The molecule has 0 bridgehead atoms. The number of aryl methyl sites for hydroxylation is 1. The number of halogens is 1.